The Hall–Kier alpha value is -1.49. The molecular weight excluding hydrogens is 238 g/mol. The van der Waals surface area contributed by atoms with E-state index in [1.807, 2.05) is 6.92 Å². The van der Waals surface area contributed by atoms with Crippen LogP contribution in [-0.2, 0) is 11.2 Å². The lowest BCUT2D eigenvalue weighted by atomic mass is 10.1. The molecule has 1 unspecified atom stereocenters. The molecule has 0 radical (unpaired) electrons. The first-order valence-electron chi connectivity index (χ1n) is 5.99. The summed E-state index contributed by atoms with van der Waals surface area (Å²) in [5.74, 6) is -1.53. The molecule has 1 rings (SSSR count). The lowest BCUT2D eigenvalue weighted by Crippen LogP contribution is -2.35. The van der Waals surface area contributed by atoms with Crippen LogP contribution in [0.15, 0.2) is 18.2 Å². The molecule has 3 nitrogen and oxygen atoms in total. The van der Waals surface area contributed by atoms with Crippen molar-refractivity contribution in [3.8, 4) is 0 Å². The summed E-state index contributed by atoms with van der Waals surface area (Å²) in [6, 6.07) is 3.34. The van der Waals surface area contributed by atoms with E-state index in [0.717, 1.165) is 6.07 Å². The number of benzene rings is 1. The number of carbonyl (C=O) groups excluding carboxylic acids is 1. The third-order valence-corrected chi connectivity index (χ3v) is 2.78. The molecule has 0 heterocycles. The van der Waals surface area contributed by atoms with Gasteiger partial charge in [0, 0.05) is 25.1 Å². The van der Waals surface area contributed by atoms with Crippen LogP contribution in [0.4, 0.5) is 8.78 Å². The van der Waals surface area contributed by atoms with Crippen molar-refractivity contribution in [2.45, 2.75) is 19.8 Å². The number of halogens is 2. The van der Waals surface area contributed by atoms with Gasteiger partial charge in [0.05, 0.1) is 0 Å². The molecule has 0 aliphatic carbocycles. The summed E-state index contributed by atoms with van der Waals surface area (Å²) >= 11 is 0. The molecule has 0 spiro atoms. The minimum absolute atomic E-state index is 0.114. The van der Waals surface area contributed by atoms with Crippen LogP contribution in [-0.4, -0.2) is 19.0 Å². The Balaban J connectivity index is 2.44. The first-order valence-corrected chi connectivity index (χ1v) is 5.99. The SMILES string of the molecule is CCC(CN)C(=O)NCCc1cc(F)cc(F)c1. The smallest absolute Gasteiger partial charge is 0.224 e. The van der Waals surface area contributed by atoms with Crippen molar-refractivity contribution in [1.29, 1.82) is 0 Å². The number of nitrogens with two attached hydrogens (primary N) is 1. The molecule has 1 aromatic rings. The van der Waals surface area contributed by atoms with Gasteiger partial charge in [-0.05, 0) is 30.5 Å². The number of rotatable bonds is 6. The molecule has 1 aromatic carbocycles. The van der Waals surface area contributed by atoms with E-state index in [2.05, 4.69) is 5.32 Å². The van der Waals surface area contributed by atoms with E-state index in [9.17, 15) is 13.6 Å². The highest BCUT2D eigenvalue weighted by molar-refractivity contribution is 5.78. The van der Waals surface area contributed by atoms with Gasteiger partial charge in [-0.15, -0.1) is 0 Å². The van der Waals surface area contributed by atoms with Crippen LogP contribution in [0.5, 0.6) is 0 Å². The summed E-state index contributed by atoms with van der Waals surface area (Å²) in [5, 5.41) is 2.71. The van der Waals surface area contributed by atoms with E-state index < -0.39 is 11.6 Å². The second-order valence-corrected chi connectivity index (χ2v) is 4.16. The van der Waals surface area contributed by atoms with E-state index in [1.54, 1.807) is 0 Å². The molecular formula is C13H18F2N2O. The van der Waals surface area contributed by atoms with Crippen LogP contribution in [0.1, 0.15) is 18.9 Å². The van der Waals surface area contributed by atoms with Crippen LogP contribution in [0, 0.1) is 17.6 Å². The van der Waals surface area contributed by atoms with Gasteiger partial charge in [0.15, 0.2) is 0 Å². The first kappa shape index (κ1) is 14.6. The zero-order chi connectivity index (χ0) is 13.5. The van der Waals surface area contributed by atoms with E-state index in [4.69, 9.17) is 5.73 Å². The topological polar surface area (TPSA) is 55.1 Å². The molecule has 100 valence electrons. The zero-order valence-corrected chi connectivity index (χ0v) is 10.4. The van der Waals surface area contributed by atoms with Gasteiger partial charge < -0.3 is 11.1 Å². The van der Waals surface area contributed by atoms with Crippen LogP contribution >= 0.6 is 0 Å². The average Bonchev–Trinajstić information content (AvgIpc) is 2.29. The minimum atomic E-state index is -0.607. The van der Waals surface area contributed by atoms with Gasteiger partial charge in [0.25, 0.3) is 0 Å². The van der Waals surface area contributed by atoms with Gasteiger partial charge in [0.1, 0.15) is 11.6 Å². The van der Waals surface area contributed by atoms with Crippen molar-refractivity contribution in [3.63, 3.8) is 0 Å². The molecule has 0 bridgehead atoms. The Bertz CT molecular complexity index is 386. The van der Waals surface area contributed by atoms with Gasteiger partial charge in [-0.1, -0.05) is 6.92 Å². The van der Waals surface area contributed by atoms with Gasteiger partial charge >= 0.3 is 0 Å². The lowest BCUT2D eigenvalue weighted by molar-refractivity contribution is -0.124. The third-order valence-electron chi connectivity index (χ3n) is 2.78. The summed E-state index contributed by atoms with van der Waals surface area (Å²) in [6.45, 7) is 2.54. The fourth-order valence-corrected chi connectivity index (χ4v) is 1.69. The van der Waals surface area contributed by atoms with E-state index in [0.29, 0.717) is 31.5 Å². The van der Waals surface area contributed by atoms with Crippen molar-refractivity contribution in [3.05, 3.63) is 35.4 Å². The first-order chi connectivity index (χ1) is 8.56. The summed E-state index contributed by atoms with van der Waals surface area (Å²) in [7, 11) is 0. The molecule has 5 heteroatoms. The molecule has 3 N–H and O–H groups in total. The standard InChI is InChI=1S/C13H18F2N2O/c1-2-10(8-16)13(18)17-4-3-9-5-11(14)7-12(15)6-9/h5-7,10H,2-4,8,16H2,1H3,(H,17,18). The van der Waals surface area contributed by atoms with E-state index in [1.165, 1.54) is 12.1 Å². The maximum atomic E-state index is 12.9. The van der Waals surface area contributed by atoms with Gasteiger partial charge in [-0.3, -0.25) is 4.79 Å². The number of carbonyl (C=O) groups is 1. The predicted molar refractivity (Wildman–Crippen MR) is 65.9 cm³/mol. The van der Waals surface area contributed by atoms with Crippen molar-refractivity contribution in [2.24, 2.45) is 11.7 Å². The van der Waals surface area contributed by atoms with Crippen LogP contribution in [0.2, 0.25) is 0 Å². The van der Waals surface area contributed by atoms with Crippen LogP contribution in [0.3, 0.4) is 0 Å². The van der Waals surface area contributed by atoms with Crippen molar-refractivity contribution in [1.82, 2.24) is 5.32 Å². The lowest BCUT2D eigenvalue weighted by Gasteiger charge is -2.12. The molecule has 0 saturated heterocycles. The third kappa shape index (κ3) is 4.41. The summed E-state index contributed by atoms with van der Waals surface area (Å²) < 4.78 is 25.8. The molecule has 0 aliphatic heterocycles. The second-order valence-electron chi connectivity index (χ2n) is 4.16. The molecule has 18 heavy (non-hydrogen) atoms. The summed E-state index contributed by atoms with van der Waals surface area (Å²) in [5.41, 5.74) is 5.97. The Morgan fingerprint density at radius 1 is 1.33 bits per heavy atom. The summed E-state index contributed by atoms with van der Waals surface area (Å²) in [6.07, 6.45) is 1.07. The van der Waals surface area contributed by atoms with Crippen LogP contribution in [0.25, 0.3) is 0 Å². The number of hydrogen-bond donors (Lipinski definition) is 2. The molecule has 0 aliphatic rings. The van der Waals surface area contributed by atoms with Gasteiger partial charge in [-0.25, -0.2) is 8.78 Å². The fourth-order valence-electron chi connectivity index (χ4n) is 1.69. The molecule has 1 amide bonds. The molecule has 0 saturated carbocycles. The van der Waals surface area contributed by atoms with Crippen molar-refractivity contribution < 1.29 is 13.6 Å². The Morgan fingerprint density at radius 2 is 1.94 bits per heavy atom. The Kier molecular flexibility index (Phi) is 5.71. The van der Waals surface area contributed by atoms with Crippen molar-refractivity contribution >= 4 is 5.91 Å². The fraction of sp³-hybridized carbons (Fsp3) is 0.462. The normalized spacial score (nSPS) is 12.2. The summed E-state index contributed by atoms with van der Waals surface area (Å²) in [4.78, 5) is 11.6. The van der Waals surface area contributed by atoms with Crippen molar-refractivity contribution in [2.75, 3.05) is 13.1 Å². The molecule has 0 fully saturated rings. The zero-order valence-electron chi connectivity index (χ0n) is 10.4. The highest BCUT2D eigenvalue weighted by atomic mass is 19.1. The average molecular weight is 256 g/mol. The maximum Gasteiger partial charge on any atom is 0.224 e. The number of hydrogen-bond acceptors (Lipinski definition) is 2. The number of amides is 1. The highest BCUT2D eigenvalue weighted by Gasteiger charge is 2.13. The predicted octanol–water partition coefficient (Wildman–Crippen LogP) is 1.61. The Labute approximate surface area is 105 Å². The number of nitrogens with one attached hydrogen (secondary N) is 1. The largest absolute Gasteiger partial charge is 0.355 e. The maximum absolute atomic E-state index is 12.9. The van der Waals surface area contributed by atoms with Crippen LogP contribution < -0.4 is 11.1 Å². The quantitative estimate of drug-likeness (QED) is 0.812. The van der Waals surface area contributed by atoms with Gasteiger partial charge in [0.2, 0.25) is 5.91 Å². The highest BCUT2D eigenvalue weighted by Crippen LogP contribution is 2.08. The van der Waals surface area contributed by atoms with Gasteiger partial charge in [-0.2, -0.15) is 0 Å². The minimum Gasteiger partial charge on any atom is -0.355 e. The second kappa shape index (κ2) is 7.06. The molecule has 1 atom stereocenters. The van der Waals surface area contributed by atoms with E-state index in [-0.39, 0.29) is 11.8 Å². The van der Waals surface area contributed by atoms with E-state index >= 15 is 0 Å². The Morgan fingerprint density at radius 3 is 2.44 bits per heavy atom. The monoisotopic (exact) mass is 256 g/mol. The molecule has 0 aromatic heterocycles.